The molecule has 3 aromatic rings. The van der Waals surface area contributed by atoms with Crippen molar-refractivity contribution in [2.45, 2.75) is 13.0 Å². The minimum absolute atomic E-state index is 0.0652. The molecule has 0 bridgehead atoms. The van der Waals surface area contributed by atoms with Crippen LogP contribution in [0.3, 0.4) is 0 Å². The summed E-state index contributed by atoms with van der Waals surface area (Å²) in [6.45, 7) is 0.472. The number of ether oxygens (including phenoxy) is 2. The van der Waals surface area contributed by atoms with E-state index in [0.717, 1.165) is 5.56 Å². The third kappa shape index (κ3) is 5.96. The monoisotopic (exact) mass is 517 g/mol. The molecule has 0 saturated carbocycles. The molecule has 2 N–H and O–H groups in total. The molecule has 10 heteroatoms. The molecular weight excluding hydrogens is 496 g/mol. The van der Waals surface area contributed by atoms with Crippen LogP contribution in [-0.2, 0) is 16.2 Å². The molecule has 0 aliphatic carbocycles. The second-order valence-electron chi connectivity index (χ2n) is 7.90. The smallest absolute Gasteiger partial charge is 0.243 e. The molecule has 182 valence electrons. The number of carbonyl (C=O) groups excluding carboxylic acids is 2. The lowest BCUT2D eigenvalue weighted by Gasteiger charge is -2.17. The molecule has 2 amide bonds. The van der Waals surface area contributed by atoms with Crippen LogP contribution in [0.2, 0.25) is 10.0 Å². The normalized spacial score (nSPS) is 15.1. The van der Waals surface area contributed by atoms with Crippen molar-refractivity contribution >= 4 is 46.4 Å². The minimum Gasteiger partial charge on any atom is -0.493 e. The number of amides is 2. The second kappa shape index (κ2) is 10.8. The van der Waals surface area contributed by atoms with Gasteiger partial charge in [0.25, 0.3) is 0 Å². The fraction of sp³-hybridized carbons (Fsp3) is 0.200. The Morgan fingerprint density at radius 3 is 2.54 bits per heavy atom. The summed E-state index contributed by atoms with van der Waals surface area (Å²) < 4.78 is 24.4. The lowest BCUT2D eigenvalue weighted by molar-refractivity contribution is -0.125. The molecule has 35 heavy (non-hydrogen) atoms. The number of rotatable bonds is 8. The molecule has 1 aliphatic heterocycles. The van der Waals surface area contributed by atoms with Crippen LogP contribution in [0.4, 0.5) is 15.8 Å². The van der Waals surface area contributed by atoms with Gasteiger partial charge in [-0.15, -0.1) is 0 Å². The predicted molar refractivity (Wildman–Crippen MR) is 132 cm³/mol. The summed E-state index contributed by atoms with van der Waals surface area (Å²) in [6.07, 6.45) is 0.0652. The van der Waals surface area contributed by atoms with E-state index in [1.165, 1.54) is 36.3 Å². The van der Waals surface area contributed by atoms with Gasteiger partial charge in [-0.25, -0.2) is 4.39 Å². The molecule has 0 radical (unpaired) electrons. The Hall–Kier alpha value is -3.49. The van der Waals surface area contributed by atoms with Crippen LogP contribution < -0.4 is 25.2 Å². The van der Waals surface area contributed by atoms with Gasteiger partial charge in [0.2, 0.25) is 11.8 Å². The quantitative estimate of drug-likeness (QED) is 0.400. The molecule has 0 spiro atoms. The molecule has 1 fully saturated rings. The largest absolute Gasteiger partial charge is 0.493 e. The average Bonchev–Trinajstić information content (AvgIpc) is 3.25. The summed E-state index contributed by atoms with van der Waals surface area (Å²) in [5.74, 6) is -0.491. The molecule has 1 atom stereocenters. The summed E-state index contributed by atoms with van der Waals surface area (Å²) in [4.78, 5) is 26.5. The predicted octanol–water partition coefficient (Wildman–Crippen LogP) is 5.22. The highest BCUT2D eigenvalue weighted by Gasteiger charge is 2.35. The Morgan fingerprint density at radius 2 is 1.83 bits per heavy atom. The van der Waals surface area contributed by atoms with Gasteiger partial charge in [0.1, 0.15) is 12.4 Å². The lowest BCUT2D eigenvalue weighted by Crippen LogP contribution is -2.36. The Labute approximate surface area is 211 Å². The molecule has 4 rings (SSSR count). The first-order chi connectivity index (χ1) is 16.8. The Balaban J connectivity index is 1.33. The van der Waals surface area contributed by atoms with Crippen molar-refractivity contribution < 1.29 is 23.5 Å². The van der Waals surface area contributed by atoms with Gasteiger partial charge in [0, 0.05) is 24.7 Å². The number of nitrogens with zero attached hydrogens (tertiary/aromatic N) is 1. The maximum atomic E-state index is 13.2. The fourth-order valence-electron chi connectivity index (χ4n) is 3.64. The Bertz CT molecular complexity index is 1240. The van der Waals surface area contributed by atoms with Crippen LogP contribution in [0.25, 0.3) is 0 Å². The number of hydrogen-bond acceptors (Lipinski definition) is 5. The summed E-state index contributed by atoms with van der Waals surface area (Å²) in [7, 11) is 1.51. The number of halogens is 3. The Morgan fingerprint density at radius 1 is 1.06 bits per heavy atom. The summed E-state index contributed by atoms with van der Waals surface area (Å²) in [6, 6.07) is 15.9. The van der Waals surface area contributed by atoms with Gasteiger partial charge in [-0.3, -0.25) is 20.4 Å². The van der Waals surface area contributed by atoms with Crippen LogP contribution in [0.1, 0.15) is 12.0 Å². The third-order valence-electron chi connectivity index (χ3n) is 5.51. The first-order valence-corrected chi connectivity index (χ1v) is 11.5. The minimum atomic E-state index is -0.546. The van der Waals surface area contributed by atoms with Crippen molar-refractivity contribution in [3.8, 4) is 11.5 Å². The van der Waals surface area contributed by atoms with E-state index < -0.39 is 5.92 Å². The molecule has 0 unspecified atom stereocenters. The van der Waals surface area contributed by atoms with Gasteiger partial charge >= 0.3 is 0 Å². The van der Waals surface area contributed by atoms with Crippen LogP contribution in [0.5, 0.6) is 11.5 Å². The average molecular weight is 518 g/mol. The zero-order valence-corrected chi connectivity index (χ0v) is 20.2. The van der Waals surface area contributed by atoms with Crippen molar-refractivity contribution in [3.05, 3.63) is 82.1 Å². The molecule has 0 aromatic heterocycles. The molecular formula is C25H22Cl2FN3O4. The Kier molecular flexibility index (Phi) is 7.63. The van der Waals surface area contributed by atoms with Crippen molar-refractivity contribution in [1.82, 2.24) is 5.43 Å². The van der Waals surface area contributed by atoms with E-state index >= 15 is 0 Å². The summed E-state index contributed by atoms with van der Waals surface area (Å²) in [5, 5.41) is 0.912. The van der Waals surface area contributed by atoms with Gasteiger partial charge < -0.3 is 14.4 Å². The zero-order valence-electron chi connectivity index (χ0n) is 18.7. The molecule has 1 aliphatic rings. The number of anilines is 2. The molecule has 7 nitrogen and oxygen atoms in total. The molecule has 1 heterocycles. The third-order valence-corrected chi connectivity index (χ3v) is 6.25. The first-order valence-electron chi connectivity index (χ1n) is 10.7. The van der Waals surface area contributed by atoms with E-state index in [0.29, 0.717) is 32.9 Å². The topological polar surface area (TPSA) is 79.9 Å². The van der Waals surface area contributed by atoms with E-state index in [-0.39, 0.29) is 37.2 Å². The van der Waals surface area contributed by atoms with Crippen LogP contribution in [0, 0.1) is 11.7 Å². The highest BCUT2D eigenvalue weighted by molar-refractivity contribution is 6.42. The molecule has 1 saturated heterocycles. The van der Waals surface area contributed by atoms with Gasteiger partial charge in [0.05, 0.1) is 28.8 Å². The maximum absolute atomic E-state index is 13.2. The summed E-state index contributed by atoms with van der Waals surface area (Å²) >= 11 is 12.0. The van der Waals surface area contributed by atoms with Gasteiger partial charge in [-0.2, -0.15) is 0 Å². The van der Waals surface area contributed by atoms with Gasteiger partial charge in [0.15, 0.2) is 11.5 Å². The van der Waals surface area contributed by atoms with Crippen molar-refractivity contribution in [2.75, 3.05) is 24.0 Å². The molecule has 3 aromatic carbocycles. The van der Waals surface area contributed by atoms with E-state index in [4.69, 9.17) is 32.7 Å². The van der Waals surface area contributed by atoms with E-state index in [2.05, 4.69) is 10.9 Å². The number of hydrazine groups is 1. The highest BCUT2D eigenvalue weighted by Crippen LogP contribution is 2.31. The second-order valence-corrected chi connectivity index (χ2v) is 8.71. The lowest BCUT2D eigenvalue weighted by atomic mass is 10.1. The van der Waals surface area contributed by atoms with Crippen LogP contribution in [0.15, 0.2) is 60.7 Å². The number of benzene rings is 3. The first kappa shape index (κ1) is 24.6. The number of nitrogens with one attached hydrogen (secondary N) is 2. The number of hydrogen-bond donors (Lipinski definition) is 2. The van der Waals surface area contributed by atoms with E-state index in [1.807, 2.05) is 6.07 Å². The van der Waals surface area contributed by atoms with Crippen molar-refractivity contribution in [2.24, 2.45) is 5.92 Å². The van der Waals surface area contributed by atoms with Gasteiger partial charge in [-0.1, -0.05) is 29.3 Å². The van der Waals surface area contributed by atoms with Crippen LogP contribution >= 0.6 is 23.2 Å². The fourth-order valence-corrected chi connectivity index (χ4v) is 3.97. The number of carbonyl (C=O) groups is 2. The maximum Gasteiger partial charge on any atom is 0.243 e. The van der Waals surface area contributed by atoms with E-state index in [1.54, 1.807) is 30.3 Å². The highest BCUT2D eigenvalue weighted by atomic mass is 35.5. The van der Waals surface area contributed by atoms with Gasteiger partial charge in [-0.05, 0) is 54.1 Å². The van der Waals surface area contributed by atoms with Crippen LogP contribution in [-0.4, -0.2) is 25.5 Å². The van der Waals surface area contributed by atoms with E-state index in [9.17, 15) is 14.0 Å². The standard InChI is InChI=1S/C25H22Cl2FN3O4/c1-34-23-12-18(5-9-22(23)35-14-15-2-8-20(26)21(27)10-15)29-30-25(33)16-11-24(32)31(13-16)19-6-3-17(28)4-7-19/h2-10,12,16,29H,11,13-14H2,1H3,(H,30,33)/t16-/m1/s1. The van der Waals surface area contributed by atoms with Crippen molar-refractivity contribution in [3.63, 3.8) is 0 Å². The number of methoxy groups -OCH3 is 1. The van der Waals surface area contributed by atoms with Crippen molar-refractivity contribution in [1.29, 1.82) is 0 Å². The zero-order chi connectivity index (χ0) is 24.9. The SMILES string of the molecule is COc1cc(NNC(=O)[C@@H]2CC(=O)N(c3ccc(F)cc3)C2)ccc1OCc1ccc(Cl)c(Cl)c1. The summed E-state index contributed by atoms with van der Waals surface area (Å²) in [5.41, 5.74) is 7.44.